The average Bonchev–Trinajstić information content (AvgIpc) is 2.43. The van der Waals surface area contributed by atoms with E-state index in [0.717, 1.165) is 19.3 Å². The van der Waals surface area contributed by atoms with E-state index in [4.69, 9.17) is 11.5 Å². The molecule has 1 saturated carbocycles. The molecular formula is C12H25AcN2O-. The van der Waals surface area contributed by atoms with E-state index >= 15 is 0 Å². The minimum Gasteiger partial charge on any atom is -0.674 e. The van der Waals surface area contributed by atoms with Crippen molar-refractivity contribution in [1.29, 1.82) is 0 Å². The van der Waals surface area contributed by atoms with Gasteiger partial charge < -0.3 is 16.6 Å². The Hall–Kier alpha value is 1.32. The van der Waals surface area contributed by atoms with E-state index in [0.29, 0.717) is 5.92 Å². The van der Waals surface area contributed by atoms with Gasteiger partial charge in [0.05, 0.1) is 6.10 Å². The third kappa shape index (κ3) is 3.66. The van der Waals surface area contributed by atoms with Crippen molar-refractivity contribution in [2.45, 2.75) is 58.2 Å². The first-order valence-corrected chi connectivity index (χ1v) is 6.17. The van der Waals surface area contributed by atoms with Crippen molar-refractivity contribution in [3.05, 3.63) is 5.73 Å². The van der Waals surface area contributed by atoms with E-state index in [-0.39, 0.29) is 74.1 Å². The number of hydrogen-bond acceptors (Lipinski definition) is 2. The van der Waals surface area contributed by atoms with Crippen LogP contribution in [0, 0.1) is 61.8 Å². The van der Waals surface area contributed by atoms with Crippen molar-refractivity contribution in [1.82, 2.24) is 0 Å². The molecular weight excluding hydrogens is 415 g/mol. The molecule has 0 saturated heterocycles. The Bertz CT molecular complexity index is 199. The summed E-state index contributed by atoms with van der Waals surface area (Å²) in [5.41, 5.74) is 14.3. The Morgan fingerprint density at radius 3 is 2.19 bits per heavy atom. The van der Waals surface area contributed by atoms with Gasteiger partial charge in [-0.25, -0.2) is 0 Å². The Balaban J connectivity index is 0.00000225. The molecule has 4 N–H and O–H groups in total. The number of hydrogen-bond donors (Lipinski definition) is 2. The van der Waals surface area contributed by atoms with E-state index in [9.17, 15) is 5.11 Å². The van der Waals surface area contributed by atoms with E-state index in [2.05, 4.69) is 13.8 Å². The SMILES string of the molecule is CCC(CC)C([NH-])[C@H]1[C@@H](O)[C@H](C)C[C@@H]1N.[Ac]. The van der Waals surface area contributed by atoms with Crippen LogP contribution in [0.4, 0.5) is 0 Å². The summed E-state index contributed by atoms with van der Waals surface area (Å²) >= 11 is 0. The average molecular weight is 440 g/mol. The van der Waals surface area contributed by atoms with Gasteiger partial charge in [0.1, 0.15) is 0 Å². The third-order valence-electron chi connectivity index (χ3n) is 4.09. The summed E-state index contributed by atoms with van der Waals surface area (Å²) in [4.78, 5) is 0. The van der Waals surface area contributed by atoms with Crippen molar-refractivity contribution in [3.8, 4) is 0 Å². The van der Waals surface area contributed by atoms with Crippen LogP contribution in [0.1, 0.15) is 40.0 Å². The first-order valence-electron chi connectivity index (χ1n) is 6.17. The topological polar surface area (TPSA) is 70.0 Å². The van der Waals surface area contributed by atoms with Crippen LogP contribution in [0.15, 0.2) is 0 Å². The molecule has 1 unspecified atom stereocenters. The van der Waals surface area contributed by atoms with Crippen molar-refractivity contribution in [3.63, 3.8) is 0 Å². The minimum atomic E-state index is -0.372. The molecule has 1 rings (SSSR count). The molecule has 0 aromatic carbocycles. The number of aliphatic hydroxyl groups excluding tert-OH is 1. The fourth-order valence-corrected chi connectivity index (χ4v) is 2.95. The van der Waals surface area contributed by atoms with Crippen LogP contribution < -0.4 is 5.73 Å². The standard InChI is InChI=1S/C12H25N2O.Ac/c1-4-8(5-2)11(14)10-9(13)6-7(3)12(10)15;/h7-12,14-15H,4-6,13H2,1-3H3;/q-1;/t7-,9+,10+,11?,12+;/m1./s1. The molecule has 4 heteroatoms. The molecule has 0 bridgehead atoms. The van der Waals surface area contributed by atoms with E-state index < -0.39 is 0 Å². The quantitative estimate of drug-likeness (QED) is 0.704. The van der Waals surface area contributed by atoms with Crippen LogP contribution in [0.2, 0.25) is 0 Å². The molecule has 0 aromatic rings. The zero-order valence-electron chi connectivity index (χ0n) is 10.7. The van der Waals surface area contributed by atoms with Gasteiger partial charge >= 0.3 is 0 Å². The number of nitrogens with two attached hydrogens (primary N) is 1. The predicted molar refractivity (Wildman–Crippen MR) is 63.4 cm³/mol. The molecule has 16 heavy (non-hydrogen) atoms. The zero-order chi connectivity index (χ0) is 11.6. The summed E-state index contributed by atoms with van der Waals surface area (Å²) < 4.78 is 0. The molecule has 1 aliphatic rings. The van der Waals surface area contributed by atoms with Crippen molar-refractivity contribution < 1.29 is 49.2 Å². The van der Waals surface area contributed by atoms with Crippen LogP contribution in [0.3, 0.4) is 0 Å². The summed E-state index contributed by atoms with van der Waals surface area (Å²) in [6, 6.07) is -0.187. The van der Waals surface area contributed by atoms with Gasteiger partial charge in [0.2, 0.25) is 0 Å². The minimum absolute atomic E-state index is 0. The second-order valence-corrected chi connectivity index (χ2v) is 5.05. The van der Waals surface area contributed by atoms with Crippen LogP contribution in [-0.4, -0.2) is 23.3 Å². The molecule has 0 amide bonds. The second kappa shape index (κ2) is 7.69. The molecule has 1 aliphatic carbocycles. The molecule has 0 aromatic heterocycles. The second-order valence-electron chi connectivity index (χ2n) is 5.05. The Morgan fingerprint density at radius 2 is 1.88 bits per heavy atom. The van der Waals surface area contributed by atoms with Crippen molar-refractivity contribution >= 4 is 0 Å². The van der Waals surface area contributed by atoms with E-state index in [1.807, 2.05) is 6.92 Å². The monoisotopic (exact) mass is 440 g/mol. The molecule has 1 radical (unpaired) electrons. The summed E-state index contributed by atoms with van der Waals surface area (Å²) in [6.45, 7) is 6.27. The normalized spacial score (nSPS) is 36.2. The molecule has 93 valence electrons. The van der Waals surface area contributed by atoms with Gasteiger partial charge in [0.15, 0.2) is 0 Å². The van der Waals surface area contributed by atoms with Gasteiger partial charge in [-0.05, 0) is 18.3 Å². The summed E-state index contributed by atoms with van der Waals surface area (Å²) in [5, 5.41) is 10.0. The first kappa shape index (κ1) is 17.3. The molecule has 1 fully saturated rings. The molecule has 3 nitrogen and oxygen atoms in total. The summed E-state index contributed by atoms with van der Waals surface area (Å²) in [7, 11) is 0. The van der Waals surface area contributed by atoms with Gasteiger partial charge in [-0.2, -0.15) is 0 Å². The van der Waals surface area contributed by atoms with E-state index in [1.165, 1.54) is 0 Å². The number of aliphatic hydroxyl groups is 1. The third-order valence-corrected chi connectivity index (χ3v) is 4.09. The largest absolute Gasteiger partial charge is 0.674 e. The molecule has 5 atom stereocenters. The summed E-state index contributed by atoms with van der Waals surface area (Å²) in [6.07, 6.45) is 2.51. The fraction of sp³-hybridized carbons (Fsp3) is 1.00. The molecule has 0 heterocycles. The Kier molecular flexibility index (Phi) is 8.33. The molecule has 0 aliphatic heterocycles. The van der Waals surface area contributed by atoms with Gasteiger partial charge in [0.25, 0.3) is 0 Å². The molecule has 0 spiro atoms. The van der Waals surface area contributed by atoms with E-state index in [1.54, 1.807) is 0 Å². The predicted octanol–water partition coefficient (Wildman–Crippen LogP) is 2.19. The zero-order valence-corrected chi connectivity index (χ0v) is 15.4. The van der Waals surface area contributed by atoms with Crippen LogP contribution >= 0.6 is 0 Å². The van der Waals surface area contributed by atoms with Gasteiger partial charge in [-0.15, -0.1) is 6.04 Å². The van der Waals surface area contributed by atoms with Gasteiger partial charge in [0, 0.05) is 50.1 Å². The first-order chi connectivity index (χ1) is 7.02. The van der Waals surface area contributed by atoms with Gasteiger partial charge in [-0.1, -0.05) is 39.5 Å². The maximum absolute atomic E-state index is 10.0. The smallest absolute Gasteiger partial charge is 0.0595 e. The Labute approximate surface area is 135 Å². The van der Waals surface area contributed by atoms with Crippen molar-refractivity contribution in [2.75, 3.05) is 0 Å². The van der Waals surface area contributed by atoms with Crippen molar-refractivity contribution in [2.24, 2.45) is 23.5 Å². The van der Waals surface area contributed by atoms with Crippen LogP contribution in [-0.2, 0) is 0 Å². The van der Waals surface area contributed by atoms with Gasteiger partial charge in [-0.3, -0.25) is 0 Å². The van der Waals surface area contributed by atoms with Crippen LogP contribution in [0.25, 0.3) is 5.73 Å². The fourth-order valence-electron chi connectivity index (χ4n) is 2.95. The van der Waals surface area contributed by atoms with Crippen LogP contribution in [0.5, 0.6) is 0 Å². The maximum Gasteiger partial charge on any atom is 0.0595 e. The Morgan fingerprint density at radius 1 is 1.38 bits per heavy atom. The number of rotatable bonds is 4. The maximum atomic E-state index is 10.0. The number of nitrogens with one attached hydrogen (secondary N) is 1. The summed E-state index contributed by atoms with van der Waals surface area (Å²) in [5.74, 6) is 0.609.